The molecule has 2 N–H and O–H groups in total. The third-order valence-electron chi connectivity index (χ3n) is 1.96. The van der Waals surface area contributed by atoms with Gasteiger partial charge in [-0.05, 0) is 12.8 Å². The first-order chi connectivity index (χ1) is 4.86. The van der Waals surface area contributed by atoms with Crippen molar-refractivity contribution in [2.24, 2.45) is 5.73 Å². The molecule has 0 aromatic heterocycles. The fraction of sp³-hybridized carbons (Fsp3) is 1.00. The monoisotopic (exact) mass is 179 g/mol. The Morgan fingerprint density at radius 1 is 1.27 bits per heavy atom. The van der Waals surface area contributed by atoms with Crippen LogP contribution < -0.4 is 5.73 Å². The van der Waals surface area contributed by atoms with E-state index in [9.17, 15) is 0 Å². The van der Waals surface area contributed by atoms with Gasteiger partial charge in [-0.3, -0.25) is 0 Å². The van der Waals surface area contributed by atoms with Gasteiger partial charge in [-0.1, -0.05) is 0 Å². The summed E-state index contributed by atoms with van der Waals surface area (Å²) >= 11 is 0. The van der Waals surface area contributed by atoms with Gasteiger partial charge in [-0.25, -0.2) is 0 Å². The molecule has 0 spiro atoms. The largest absolute Gasteiger partial charge is 0.377 e. The SMILES string of the molecule is Cl.N[C@@H]1COC[C@@H]1OC1CC1. The van der Waals surface area contributed by atoms with Crippen LogP contribution in [0.5, 0.6) is 0 Å². The summed E-state index contributed by atoms with van der Waals surface area (Å²) in [6.45, 7) is 1.36. The van der Waals surface area contributed by atoms with Crippen molar-refractivity contribution in [2.45, 2.75) is 31.1 Å². The van der Waals surface area contributed by atoms with Gasteiger partial charge in [-0.15, -0.1) is 12.4 Å². The van der Waals surface area contributed by atoms with E-state index in [2.05, 4.69) is 0 Å². The molecule has 0 aromatic rings. The summed E-state index contributed by atoms with van der Waals surface area (Å²) in [6.07, 6.45) is 3.09. The van der Waals surface area contributed by atoms with E-state index in [4.69, 9.17) is 15.2 Å². The van der Waals surface area contributed by atoms with Crippen molar-refractivity contribution in [1.82, 2.24) is 0 Å². The molecule has 0 aromatic carbocycles. The molecule has 11 heavy (non-hydrogen) atoms. The predicted molar refractivity (Wildman–Crippen MR) is 43.9 cm³/mol. The first-order valence-corrected chi connectivity index (χ1v) is 3.85. The number of hydrogen-bond acceptors (Lipinski definition) is 3. The van der Waals surface area contributed by atoms with Crippen LogP contribution in [0.1, 0.15) is 12.8 Å². The maximum absolute atomic E-state index is 5.71. The topological polar surface area (TPSA) is 44.5 Å². The Hall–Kier alpha value is 0.170. The molecule has 2 fully saturated rings. The zero-order chi connectivity index (χ0) is 6.97. The fourth-order valence-electron chi connectivity index (χ4n) is 1.14. The highest BCUT2D eigenvalue weighted by Gasteiger charge is 2.32. The van der Waals surface area contributed by atoms with Crippen LogP contribution in [0, 0.1) is 0 Å². The molecule has 0 unspecified atom stereocenters. The van der Waals surface area contributed by atoms with Crippen LogP contribution in [-0.4, -0.2) is 31.5 Å². The zero-order valence-electron chi connectivity index (χ0n) is 6.36. The minimum Gasteiger partial charge on any atom is -0.377 e. The first-order valence-electron chi connectivity index (χ1n) is 3.85. The van der Waals surface area contributed by atoms with Gasteiger partial charge in [0.2, 0.25) is 0 Å². The zero-order valence-corrected chi connectivity index (χ0v) is 7.18. The van der Waals surface area contributed by atoms with E-state index in [0.717, 1.165) is 0 Å². The first kappa shape index (κ1) is 9.26. The summed E-state index contributed by atoms with van der Waals surface area (Å²) in [4.78, 5) is 0. The van der Waals surface area contributed by atoms with Gasteiger partial charge in [0.25, 0.3) is 0 Å². The molecule has 2 rings (SSSR count). The van der Waals surface area contributed by atoms with Crippen LogP contribution in [0.4, 0.5) is 0 Å². The summed E-state index contributed by atoms with van der Waals surface area (Å²) in [5.74, 6) is 0. The van der Waals surface area contributed by atoms with Crippen LogP contribution in [-0.2, 0) is 9.47 Å². The summed E-state index contributed by atoms with van der Waals surface area (Å²) in [5, 5.41) is 0. The van der Waals surface area contributed by atoms with Gasteiger partial charge >= 0.3 is 0 Å². The number of nitrogens with two attached hydrogens (primary N) is 1. The Labute approximate surface area is 72.6 Å². The minimum atomic E-state index is 0. The van der Waals surface area contributed by atoms with Crippen LogP contribution >= 0.6 is 12.4 Å². The maximum atomic E-state index is 5.71. The van der Waals surface area contributed by atoms with Gasteiger partial charge in [0.05, 0.1) is 31.5 Å². The van der Waals surface area contributed by atoms with Crippen LogP contribution in [0.3, 0.4) is 0 Å². The summed E-state index contributed by atoms with van der Waals surface area (Å²) in [5.41, 5.74) is 5.71. The Balaban J connectivity index is 0.000000605. The molecular weight excluding hydrogens is 166 g/mol. The van der Waals surface area contributed by atoms with Crippen molar-refractivity contribution in [1.29, 1.82) is 0 Å². The smallest absolute Gasteiger partial charge is 0.0985 e. The molecule has 0 amide bonds. The molecule has 0 bridgehead atoms. The van der Waals surface area contributed by atoms with Crippen LogP contribution in [0.25, 0.3) is 0 Å². The van der Waals surface area contributed by atoms with Crippen LogP contribution in [0.2, 0.25) is 0 Å². The van der Waals surface area contributed by atoms with E-state index in [0.29, 0.717) is 19.3 Å². The van der Waals surface area contributed by atoms with E-state index < -0.39 is 0 Å². The molecule has 4 heteroatoms. The summed E-state index contributed by atoms with van der Waals surface area (Å²) < 4.78 is 10.7. The highest BCUT2D eigenvalue weighted by molar-refractivity contribution is 5.85. The molecule has 0 radical (unpaired) electrons. The third kappa shape index (κ3) is 2.30. The molecule has 1 heterocycles. The van der Waals surface area contributed by atoms with Crippen molar-refractivity contribution in [2.75, 3.05) is 13.2 Å². The molecular formula is C7H14ClNO2. The second kappa shape index (κ2) is 3.72. The standard InChI is InChI=1S/C7H13NO2.ClH/c8-6-3-9-4-7(6)10-5-1-2-5;/h5-7H,1-4,8H2;1H/t6-,7+;/m1./s1. The second-order valence-electron chi connectivity index (χ2n) is 3.08. The highest BCUT2D eigenvalue weighted by Crippen LogP contribution is 2.26. The second-order valence-corrected chi connectivity index (χ2v) is 3.08. The van der Waals surface area contributed by atoms with Crippen molar-refractivity contribution in [3.63, 3.8) is 0 Å². The molecule has 3 nitrogen and oxygen atoms in total. The fourth-order valence-corrected chi connectivity index (χ4v) is 1.14. The van der Waals surface area contributed by atoms with Gasteiger partial charge in [-0.2, -0.15) is 0 Å². The molecule has 1 saturated carbocycles. The Kier molecular flexibility index (Phi) is 3.13. The number of ether oxygens (including phenoxy) is 2. The van der Waals surface area contributed by atoms with E-state index in [1.807, 2.05) is 0 Å². The number of rotatable bonds is 2. The lowest BCUT2D eigenvalue weighted by Crippen LogP contribution is -2.35. The predicted octanol–water partition coefficient (Wildman–Crippen LogP) is 0.313. The van der Waals surface area contributed by atoms with E-state index in [1.54, 1.807) is 0 Å². The van der Waals surface area contributed by atoms with Gasteiger partial charge in [0.15, 0.2) is 0 Å². The van der Waals surface area contributed by atoms with Gasteiger partial charge < -0.3 is 15.2 Å². The normalized spacial score (nSPS) is 36.8. The summed E-state index contributed by atoms with van der Waals surface area (Å²) in [6, 6.07) is 0.112. The minimum absolute atomic E-state index is 0. The Morgan fingerprint density at radius 3 is 2.45 bits per heavy atom. The third-order valence-corrected chi connectivity index (χ3v) is 1.96. The van der Waals surface area contributed by atoms with E-state index in [-0.39, 0.29) is 24.6 Å². The Morgan fingerprint density at radius 2 is 2.00 bits per heavy atom. The summed E-state index contributed by atoms with van der Waals surface area (Å²) in [7, 11) is 0. The van der Waals surface area contributed by atoms with Crippen molar-refractivity contribution < 1.29 is 9.47 Å². The highest BCUT2D eigenvalue weighted by atomic mass is 35.5. The number of hydrogen-bond donors (Lipinski definition) is 1. The van der Waals surface area contributed by atoms with E-state index in [1.165, 1.54) is 12.8 Å². The molecule has 1 saturated heterocycles. The molecule has 2 atom stereocenters. The van der Waals surface area contributed by atoms with Crippen LogP contribution in [0.15, 0.2) is 0 Å². The van der Waals surface area contributed by atoms with Crippen molar-refractivity contribution >= 4 is 12.4 Å². The quantitative estimate of drug-likeness (QED) is 0.664. The lowest BCUT2D eigenvalue weighted by atomic mass is 10.2. The maximum Gasteiger partial charge on any atom is 0.0985 e. The van der Waals surface area contributed by atoms with Crippen molar-refractivity contribution in [3.8, 4) is 0 Å². The lowest BCUT2D eigenvalue weighted by Gasteiger charge is -2.12. The van der Waals surface area contributed by atoms with Gasteiger partial charge in [0, 0.05) is 0 Å². The van der Waals surface area contributed by atoms with Gasteiger partial charge in [0.1, 0.15) is 0 Å². The average Bonchev–Trinajstić information content (AvgIpc) is 2.62. The molecule has 2 aliphatic rings. The van der Waals surface area contributed by atoms with E-state index >= 15 is 0 Å². The lowest BCUT2D eigenvalue weighted by molar-refractivity contribution is 0.0260. The average molecular weight is 180 g/mol. The molecule has 1 aliphatic heterocycles. The molecule has 1 aliphatic carbocycles. The number of halogens is 1. The Bertz CT molecular complexity index is 130. The molecule has 66 valence electrons. The van der Waals surface area contributed by atoms with Crippen molar-refractivity contribution in [3.05, 3.63) is 0 Å².